The van der Waals surface area contributed by atoms with Crippen LogP contribution < -0.4 is 16.0 Å². The molecule has 0 atom stereocenters. The molecule has 0 aliphatic rings. The number of hydrogen-bond acceptors (Lipinski definition) is 5. The summed E-state index contributed by atoms with van der Waals surface area (Å²) >= 11 is 1.54. The van der Waals surface area contributed by atoms with Crippen molar-refractivity contribution < 1.29 is 4.74 Å². The lowest BCUT2D eigenvalue weighted by atomic mass is 10.0. The van der Waals surface area contributed by atoms with Crippen molar-refractivity contribution in [1.82, 2.24) is 4.98 Å². The van der Waals surface area contributed by atoms with Gasteiger partial charge in [0.05, 0.1) is 17.2 Å². The number of nitrogen functional groups attached to an aromatic ring is 1. The molecule has 0 amide bonds. The summed E-state index contributed by atoms with van der Waals surface area (Å²) in [6.45, 7) is 4.61. The molecular weight excluding hydrogens is 282 g/mol. The molecule has 4 nitrogen and oxygen atoms in total. The van der Waals surface area contributed by atoms with Crippen molar-refractivity contribution in [2.24, 2.45) is 5.84 Å². The minimum absolute atomic E-state index is 0.630. The Morgan fingerprint density at radius 1 is 1.24 bits per heavy atom. The first-order valence-electron chi connectivity index (χ1n) is 6.83. The molecular formula is C16H17N3OS. The van der Waals surface area contributed by atoms with Gasteiger partial charge in [-0.2, -0.15) is 0 Å². The van der Waals surface area contributed by atoms with E-state index in [0.717, 1.165) is 21.9 Å². The zero-order chi connectivity index (χ0) is 14.8. The van der Waals surface area contributed by atoms with Crippen molar-refractivity contribution in [2.45, 2.75) is 13.8 Å². The number of hydrogen-bond donors (Lipinski definition) is 2. The molecule has 5 heteroatoms. The van der Waals surface area contributed by atoms with E-state index >= 15 is 0 Å². The summed E-state index contributed by atoms with van der Waals surface area (Å²) in [6.07, 6.45) is 0. The second kappa shape index (κ2) is 5.71. The first kappa shape index (κ1) is 13.9. The average molecular weight is 299 g/mol. The first-order valence-corrected chi connectivity index (χ1v) is 7.65. The van der Waals surface area contributed by atoms with Crippen LogP contribution in [0.15, 0.2) is 36.4 Å². The second-order valence-corrected chi connectivity index (χ2v) is 5.67. The Bertz CT molecular complexity index is 782. The van der Waals surface area contributed by atoms with Crippen LogP contribution in [0.1, 0.15) is 12.6 Å². The molecule has 1 aromatic heterocycles. The number of benzene rings is 2. The highest BCUT2D eigenvalue weighted by Crippen LogP contribution is 2.42. The summed E-state index contributed by atoms with van der Waals surface area (Å²) in [7, 11) is 0. The van der Waals surface area contributed by atoms with Crippen molar-refractivity contribution in [3.05, 3.63) is 42.1 Å². The van der Waals surface area contributed by atoms with Crippen molar-refractivity contribution in [2.75, 3.05) is 12.0 Å². The minimum atomic E-state index is 0.630. The molecule has 108 valence electrons. The van der Waals surface area contributed by atoms with Crippen molar-refractivity contribution in [3.8, 4) is 16.2 Å². The predicted molar refractivity (Wildman–Crippen MR) is 88.8 cm³/mol. The minimum Gasteiger partial charge on any atom is -0.493 e. The summed E-state index contributed by atoms with van der Waals surface area (Å²) in [4.78, 5) is 5.53. The lowest BCUT2D eigenvalue weighted by Gasteiger charge is -2.12. The zero-order valence-electron chi connectivity index (χ0n) is 12.0. The molecule has 0 bridgehead atoms. The highest BCUT2D eigenvalue weighted by Gasteiger charge is 2.17. The number of thiazole rings is 1. The number of rotatable bonds is 4. The molecule has 0 aliphatic carbocycles. The molecule has 0 spiro atoms. The van der Waals surface area contributed by atoms with Crippen LogP contribution in [0.25, 0.3) is 21.2 Å². The van der Waals surface area contributed by atoms with Gasteiger partial charge in [0.15, 0.2) is 5.13 Å². The van der Waals surface area contributed by atoms with Gasteiger partial charge in [0.2, 0.25) is 0 Å². The SMILES string of the molecule is CCOc1ccc2ccccc2c1-c1sc(NN)nc1C. The van der Waals surface area contributed by atoms with E-state index in [-0.39, 0.29) is 0 Å². The molecule has 0 saturated carbocycles. The third-order valence-electron chi connectivity index (χ3n) is 3.34. The smallest absolute Gasteiger partial charge is 0.197 e. The molecule has 0 radical (unpaired) electrons. The van der Waals surface area contributed by atoms with Crippen LogP contribution >= 0.6 is 11.3 Å². The topological polar surface area (TPSA) is 60.2 Å². The summed E-state index contributed by atoms with van der Waals surface area (Å²) in [5, 5.41) is 3.06. The number of aryl methyl sites for hydroxylation is 1. The van der Waals surface area contributed by atoms with Gasteiger partial charge in [-0.15, -0.1) is 0 Å². The van der Waals surface area contributed by atoms with E-state index in [2.05, 4.69) is 28.6 Å². The van der Waals surface area contributed by atoms with E-state index < -0.39 is 0 Å². The normalized spacial score (nSPS) is 10.8. The summed E-state index contributed by atoms with van der Waals surface area (Å²) < 4.78 is 5.82. The van der Waals surface area contributed by atoms with Crippen LogP contribution in [0, 0.1) is 6.92 Å². The van der Waals surface area contributed by atoms with Gasteiger partial charge < -0.3 is 4.74 Å². The Hall–Kier alpha value is -2.11. The number of nitrogens with zero attached hydrogens (tertiary/aromatic N) is 1. The van der Waals surface area contributed by atoms with E-state index in [1.54, 1.807) is 11.3 Å². The number of nitrogens with one attached hydrogen (secondary N) is 1. The van der Waals surface area contributed by atoms with Crippen molar-refractivity contribution >= 4 is 27.2 Å². The summed E-state index contributed by atoms with van der Waals surface area (Å²) in [6, 6.07) is 12.4. The molecule has 3 aromatic rings. The Kier molecular flexibility index (Phi) is 3.77. The zero-order valence-corrected chi connectivity index (χ0v) is 12.8. The standard InChI is InChI=1S/C16H17N3OS/c1-3-20-13-9-8-11-6-4-5-7-12(11)14(13)15-10(2)18-16(19-17)21-15/h4-9H,3,17H2,1-2H3,(H,18,19). The molecule has 0 unspecified atom stereocenters. The third kappa shape index (κ3) is 2.46. The molecule has 0 saturated heterocycles. The Morgan fingerprint density at radius 2 is 2.05 bits per heavy atom. The van der Waals surface area contributed by atoms with Crippen LogP contribution in [0.4, 0.5) is 5.13 Å². The molecule has 0 aliphatic heterocycles. The highest BCUT2D eigenvalue weighted by atomic mass is 32.1. The van der Waals surface area contributed by atoms with Crippen LogP contribution in [-0.4, -0.2) is 11.6 Å². The molecule has 21 heavy (non-hydrogen) atoms. The lowest BCUT2D eigenvalue weighted by Crippen LogP contribution is -2.05. The molecule has 0 fully saturated rings. The van der Waals surface area contributed by atoms with Gasteiger partial charge in [0.25, 0.3) is 0 Å². The quantitative estimate of drug-likeness (QED) is 0.565. The first-order chi connectivity index (χ1) is 10.2. The number of anilines is 1. The number of ether oxygens (including phenoxy) is 1. The number of nitrogens with two attached hydrogens (primary N) is 1. The number of hydrazine groups is 1. The number of aromatic nitrogens is 1. The van der Waals surface area contributed by atoms with Gasteiger partial charge in [-0.1, -0.05) is 41.7 Å². The van der Waals surface area contributed by atoms with Crippen molar-refractivity contribution in [1.29, 1.82) is 0 Å². The Morgan fingerprint density at radius 3 is 2.76 bits per heavy atom. The second-order valence-electron chi connectivity index (χ2n) is 4.67. The maximum Gasteiger partial charge on any atom is 0.197 e. The van der Waals surface area contributed by atoms with E-state index in [0.29, 0.717) is 11.7 Å². The Balaban J connectivity index is 2.31. The van der Waals surface area contributed by atoms with Gasteiger partial charge in [-0.05, 0) is 30.7 Å². The fourth-order valence-electron chi connectivity index (χ4n) is 2.45. The van der Waals surface area contributed by atoms with Crippen LogP contribution in [-0.2, 0) is 0 Å². The van der Waals surface area contributed by atoms with E-state index in [1.807, 2.05) is 32.0 Å². The summed E-state index contributed by atoms with van der Waals surface area (Å²) in [5.41, 5.74) is 4.66. The van der Waals surface area contributed by atoms with Crippen LogP contribution in [0.3, 0.4) is 0 Å². The van der Waals surface area contributed by atoms with Crippen molar-refractivity contribution in [3.63, 3.8) is 0 Å². The summed E-state index contributed by atoms with van der Waals surface area (Å²) in [5.74, 6) is 6.37. The molecule has 3 rings (SSSR count). The van der Waals surface area contributed by atoms with Gasteiger partial charge in [-0.25, -0.2) is 10.8 Å². The molecule has 1 heterocycles. The average Bonchev–Trinajstić information content (AvgIpc) is 2.88. The molecule has 3 N–H and O–H groups in total. The Labute approximate surface area is 127 Å². The fourth-order valence-corrected chi connectivity index (χ4v) is 3.39. The highest BCUT2D eigenvalue weighted by molar-refractivity contribution is 7.19. The maximum absolute atomic E-state index is 5.82. The van der Waals surface area contributed by atoms with Gasteiger partial charge >= 0.3 is 0 Å². The maximum atomic E-state index is 5.82. The predicted octanol–water partition coefficient (Wildman–Crippen LogP) is 3.96. The van der Waals surface area contributed by atoms with Crippen LogP contribution in [0.2, 0.25) is 0 Å². The fraction of sp³-hybridized carbons (Fsp3) is 0.188. The third-order valence-corrected chi connectivity index (χ3v) is 4.44. The van der Waals surface area contributed by atoms with Gasteiger partial charge in [0.1, 0.15) is 5.75 Å². The van der Waals surface area contributed by atoms with E-state index in [1.165, 1.54) is 10.8 Å². The van der Waals surface area contributed by atoms with Crippen LogP contribution in [0.5, 0.6) is 5.75 Å². The lowest BCUT2D eigenvalue weighted by molar-refractivity contribution is 0.342. The van der Waals surface area contributed by atoms with Gasteiger partial charge in [0, 0.05) is 5.56 Å². The van der Waals surface area contributed by atoms with Gasteiger partial charge in [-0.3, -0.25) is 5.43 Å². The van der Waals surface area contributed by atoms with E-state index in [9.17, 15) is 0 Å². The number of fused-ring (bicyclic) bond motifs is 1. The molecule has 2 aromatic carbocycles. The largest absolute Gasteiger partial charge is 0.493 e. The van der Waals surface area contributed by atoms with E-state index in [4.69, 9.17) is 10.6 Å². The monoisotopic (exact) mass is 299 g/mol.